The van der Waals surface area contributed by atoms with Crippen molar-refractivity contribution in [2.24, 2.45) is 0 Å². The van der Waals surface area contributed by atoms with Crippen molar-refractivity contribution in [1.82, 2.24) is 4.90 Å². The second kappa shape index (κ2) is 11.7. The van der Waals surface area contributed by atoms with E-state index < -0.39 is 0 Å². The van der Waals surface area contributed by atoms with E-state index in [2.05, 4.69) is 13.5 Å². The molecule has 0 aromatic rings. The topological polar surface area (TPSA) is 20.3 Å². The van der Waals surface area contributed by atoms with Crippen LogP contribution in [-0.2, 0) is 4.79 Å². The van der Waals surface area contributed by atoms with Crippen LogP contribution in [0.1, 0.15) is 64.7 Å². The highest BCUT2D eigenvalue weighted by atomic mass is 16.2. The summed E-state index contributed by atoms with van der Waals surface area (Å²) in [7, 11) is 1.84. The molecule has 0 aromatic carbocycles. The molecule has 0 radical (unpaired) electrons. The molecule has 0 heterocycles. The van der Waals surface area contributed by atoms with E-state index in [1.165, 1.54) is 44.9 Å². The van der Waals surface area contributed by atoms with E-state index in [1.807, 2.05) is 7.05 Å². The maximum Gasteiger partial charge on any atom is 0.222 e. The number of hydrogen-bond donors (Lipinski definition) is 0. The Balaban J connectivity index is 3.27. The Kier molecular flexibility index (Phi) is 11.1. The van der Waals surface area contributed by atoms with Crippen LogP contribution < -0.4 is 0 Å². The van der Waals surface area contributed by atoms with E-state index in [4.69, 9.17) is 0 Å². The summed E-state index contributed by atoms with van der Waals surface area (Å²) in [6, 6.07) is 0. The first-order chi connectivity index (χ1) is 8.22. The molecule has 0 saturated carbocycles. The Hall–Kier alpha value is -0.790. The largest absolute Gasteiger partial charge is 0.342 e. The SMILES string of the molecule is C=CCN(C)C(=O)CCCCCCCCCC. The first-order valence-electron chi connectivity index (χ1n) is 7.07. The van der Waals surface area contributed by atoms with Gasteiger partial charge >= 0.3 is 0 Å². The standard InChI is InChI=1S/C15H29NO/c1-4-6-7-8-9-10-11-12-13-15(17)16(3)14-5-2/h5H,2,4,6-14H2,1,3H3. The zero-order valence-electron chi connectivity index (χ0n) is 11.7. The zero-order valence-corrected chi connectivity index (χ0v) is 11.7. The first kappa shape index (κ1) is 16.2. The third kappa shape index (κ3) is 10.1. The van der Waals surface area contributed by atoms with Crippen molar-refractivity contribution in [3.63, 3.8) is 0 Å². The third-order valence-electron chi connectivity index (χ3n) is 3.07. The Bertz CT molecular complexity index is 201. The van der Waals surface area contributed by atoms with E-state index in [0.717, 1.165) is 6.42 Å². The molecule has 0 unspecified atom stereocenters. The predicted octanol–water partition coefficient (Wildman–Crippen LogP) is 4.16. The van der Waals surface area contributed by atoms with Gasteiger partial charge in [0.2, 0.25) is 5.91 Å². The number of unbranched alkanes of at least 4 members (excludes halogenated alkanes) is 7. The molecule has 0 aromatic heterocycles. The molecule has 100 valence electrons. The van der Waals surface area contributed by atoms with Crippen LogP contribution in [0.2, 0.25) is 0 Å². The van der Waals surface area contributed by atoms with Crippen LogP contribution in [0.5, 0.6) is 0 Å². The van der Waals surface area contributed by atoms with Gasteiger partial charge in [0.25, 0.3) is 0 Å². The number of carbonyl (C=O) groups excluding carboxylic acids is 1. The number of amides is 1. The van der Waals surface area contributed by atoms with Crippen molar-refractivity contribution in [3.8, 4) is 0 Å². The molecule has 17 heavy (non-hydrogen) atoms. The molecule has 0 bridgehead atoms. The van der Waals surface area contributed by atoms with Gasteiger partial charge in [-0.05, 0) is 6.42 Å². The molecular formula is C15H29NO. The molecule has 0 aliphatic carbocycles. The summed E-state index contributed by atoms with van der Waals surface area (Å²) in [6.45, 7) is 6.54. The summed E-state index contributed by atoms with van der Waals surface area (Å²) in [5.41, 5.74) is 0. The van der Waals surface area contributed by atoms with Gasteiger partial charge in [-0.25, -0.2) is 0 Å². The number of nitrogens with zero attached hydrogens (tertiary/aromatic N) is 1. The van der Waals surface area contributed by atoms with E-state index in [0.29, 0.717) is 13.0 Å². The van der Waals surface area contributed by atoms with Crippen LogP contribution in [0, 0.1) is 0 Å². The molecular weight excluding hydrogens is 210 g/mol. The molecule has 0 fully saturated rings. The predicted molar refractivity (Wildman–Crippen MR) is 75.1 cm³/mol. The smallest absolute Gasteiger partial charge is 0.222 e. The maximum absolute atomic E-state index is 11.6. The lowest BCUT2D eigenvalue weighted by atomic mass is 10.1. The van der Waals surface area contributed by atoms with Gasteiger partial charge in [-0.1, -0.05) is 57.9 Å². The third-order valence-corrected chi connectivity index (χ3v) is 3.07. The average molecular weight is 239 g/mol. The molecule has 0 aliphatic rings. The van der Waals surface area contributed by atoms with Crippen LogP contribution in [-0.4, -0.2) is 24.4 Å². The Morgan fingerprint density at radius 1 is 1.06 bits per heavy atom. The van der Waals surface area contributed by atoms with E-state index in [-0.39, 0.29) is 5.91 Å². The highest BCUT2D eigenvalue weighted by Crippen LogP contribution is 2.10. The van der Waals surface area contributed by atoms with Gasteiger partial charge in [0.1, 0.15) is 0 Å². The number of hydrogen-bond acceptors (Lipinski definition) is 1. The lowest BCUT2D eigenvalue weighted by Gasteiger charge is -2.14. The number of likely N-dealkylation sites (N-methyl/N-ethyl adjacent to an activating group) is 1. The first-order valence-corrected chi connectivity index (χ1v) is 7.07. The number of carbonyl (C=O) groups is 1. The summed E-state index contributed by atoms with van der Waals surface area (Å²) >= 11 is 0. The van der Waals surface area contributed by atoms with E-state index in [1.54, 1.807) is 11.0 Å². The van der Waals surface area contributed by atoms with Crippen molar-refractivity contribution in [3.05, 3.63) is 12.7 Å². The Morgan fingerprint density at radius 3 is 2.12 bits per heavy atom. The molecule has 0 atom stereocenters. The minimum Gasteiger partial charge on any atom is -0.342 e. The molecule has 0 rings (SSSR count). The second-order valence-corrected chi connectivity index (χ2v) is 4.79. The van der Waals surface area contributed by atoms with Crippen molar-refractivity contribution < 1.29 is 4.79 Å². The van der Waals surface area contributed by atoms with Gasteiger partial charge in [-0.15, -0.1) is 6.58 Å². The lowest BCUT2D eigenvalue weighted by molar-refractivity contribution is -0.129. The van der Waals surface area contributed by atoms with Crippen LogP contribution in [0.25, 0.3) is 0 Å². The summed E-state index contributed by atoms with van der Waals surface area (Å²) in [5, 5.41) is 0. The van der Waals surface area contributed by atoms with Gasteiger partial charge in [0.15, 0.2) is 0 Å². The van der Waals surface area contributed by atoms with Crippen LogP contribution in [0.3, 0.4) is 0 Å². The second-order valence-electron chi connectivity index (χ2n) is 4.79. The van der Waals surface area contributed by atoms with Crippen LogP contribution >= 0.6 is 0 Å². The van der Waals surface area contributed by atoms with Gasteiger partial charge < -0.3 is 4.90 Å². The minimum atomic E-state index is 0.246. The number of rotatable bonds is 11. The molecule has 0 aliphatic heterocycles. The summed E-state index contributed by atoms with van der Waals surface area (Å²) < 4.78 is 0. The molecule has 0 saturated heterocycles. The van der Waals surface area contributed by atoms with Crippen molar-refractivity contribution in [1.29, 1.82) is 0 Å². The van der Waals surface area contributed by atoms with Crippen molar-refractivity contribution in [2.45, 2.75) is 64.7 Å². The van der Waals surface area contributed by atoms with Crippen LogP contribution in [0.4, 0.5) is 0 Å². The minimum absolute atomic E-state index is 0.246. The molecule has 0 spiro atoms. The highest BCUT2D eigenvalue weighted by Gasteiger charge is 2.05. The average Bonchev–Trinajstić information content (AvgIpc) is 2.32. The fraction of sp³-hybridized carbons (Fsp3) is 0.800. The van der Waals surface area contributed by atoms with E-state index in [9.17, 15) is 4.79 Å². The van der Waals surface area contributed by atoms with Gasteiger partial charge in [0, 0.05) is 20.0 Å². The monoisotopic (exact) mass is 239 g/mol. The van der Waals surface area contributed by atoms with Gasteiger partial charge in [0.05, 0.1) is 0 Å². The fourth-order valence-electron chi connectivity index (χ4n) is 1.90. The van der Waals surface area contributed by atoms with Crippen LogP contribution in [0.15, 0.2) is 12.7 Å². The zero-order chi connectivity index (χ0) is 12.9. The normalized spacial score (nSPS) is 10.2. The fourth-order valence-corrected chi connectivity index (χ4v) is 1.90. The molecule has 2 heteroatoms. The van der Waals surface area contributed by atoms with Crippen molar-refractivity contribution in [2.75, 3.05) is 13.6 Å². The quantitative estimate of drug-likeness (QED) is 0.391. The maximum atomic E-state index is 11.6. The molecule has 0 N–H and O–H groups in total. The molecule has 1 amide bonds. The Labute approximate surface area is 107 Å². The van der Waals surface area contributed by atoms with Gasteiger partial charge in [-0.2, -0.15) is 0 Å². The summed E-state index contributed by atoms with van der Waals surface area (Å²) in [4.78, 5) is 13.3. The van der Waals surface area contributed by atoms with Crippen molar-refractivity contribution >= 4 is 5.91 Å². The molecule has 2 nitrogen and oxygen atoms in total. The summed E-state index contributed by atoms with van der Waals surface area (Å²) in [6.07, 6.45) is 12.7. The van der Waals surface area contributed by atoms with E-state index >= 15 is 0 Å². The summed E-state index contributed by atoms with van der Waals surface area (Å²) in [5.74, 6) is 0.246. The lowest BCUT2D eigenvalue weighted by Crippen LogP contribution is -2.26. The highest BCUT2D eigenvalue weighted by molar-refractivity contribution is 5.75. The Morgan fingerprint density at radius 2 is 1.59 bits per heavy atom. The van der Waals surface area contributed by atoms with Gasteiger partial charge in [-0.3, -0.25) is 4.79 Å².